The van der Waals surface area contributed by atoms with E-state index >= 15 is 0 Å². The number of nitrogens with one attached hydrogen (secondary N) is 1. The molecule has 1 atom stereocenters. The van der Waals surface area contributed by atoms with Crippen molar-refractivity contribution in [3.05, 3.63) is 88.4 Å². The van der Waals surface area contributed by atoms with Crippen molar-refractivity contribution in [3.63, 3.8) is 0 Å². The highest BCUT2D eigenvalue weighted by molar-refractivity contribution is 5.86. The Morgan fingerprint density at radius 3 is 2.56 bits per heavy atom. The molecular formula is C33H31FN2O3. The quantitative estimate of drug-likeness (QED) is 0.317. The fourth-order valence-electron chi connectivity index (χ4n) is 5.45. The fourth-order valence-corrected chi connectivity index (χ4v) is 5.45. The van der Waals surface area contributed by atoms with Crippen molar-refractivity contribution in [1.82, 2.24) is 9.88 Å². The SMILES string of the molecule is C#CC#CC.COc1ccc2[nH]c3c(c2c1)CC1c2cc(OCc4ccc(F)cc4)c(OC)cc2CCN1C3. The van der Waals surface area contributed by atoms with Gasteiger partial charge in [0.05, 0.1) is 14.2 Å². The number of methoxy groups -OCH3 is 2. The first-order chi connectivity index (χ1) is 19.0. The molecule has 1 aromatic heterocycles. The monoisotopic (exact) mass is 522 g/mol. The molecule has 0 saturated heterocycles. The van der Waals surface area contributed by atoms with Gasteiger partial charge in [0.15, 0.2) is 11.5 Å². The van der Waals surface area contributed by atoms with E-state index < -0.39 is 0 Å². The van der Waals surface area contributed by atoms with E-state index in [0.29, 0.717) is 6.61 Å². The summed E-state index contributed by atoms with van der Waals surface area (Å²) in [6.45, 7) is 3.97. The number of hydrogen-bond acceptors (Lipinski definition) is 4. The van der Waals surface area contributed by atoms with E-state index in [1.54, 1.807) is 33.3 Å². The van der Waals surface area contributed by atoms with Crippen molar-refractivity contribution >= 4 is 10.9 Å². The highest BCUT2D eigenvalue weighted by Gasteiger charge is 2.34. The molecule has 0 fully saturated rings. The number of terminal acetylenes is 1. The zero-order valence-corrected chi connectivity index (χ0v) is 22.4. The predicted molar refractivity (Wildman–Crippen MR) is 151 cm³/mol. The Labute approximate surface area is 228 Å². The van der Waals surface area contributed by atoms with E-state index in [1.807, 2.05) is 6.07 Å². The molecule has 2 aliphatic rings. The number of benzene rings is 3. The van der Waals surface area contributed by atoms with Gasteiger partial charge in [0, 0.05) is 35.7 Å². The number of halogens is 1. The third kappa shape index (κ3) is 5.43. The van der Waals surface area contributed by atoms with Gasteiger partial charge in [-0.25, -0.2) is 4.39 Å². The van der Waals surface area contributed by atoms with Crippen LogP contribution in [0.2, 0.25) is 0 Å². The van der Waals surface area contributed by atoms with Gasteiger partial charge in [0.1, 0.15) is 18.2 Å². The number of H-pyrrole nitrogens is 1. The number of aromatic amines is 1. The maximum atomic E-state index is 13.3. The summed E-state index contributed by atoms with van der Waals surface area (Å²) >= 11 is 0. The molecule has 3 aromatic carbocycles. The van der Waals surface area contributed by atoms with Crippen LogP contribution in [0.4, 0.5) is 4.39 Å². The summed E-state index contributed by atoms with van der Waals surface area (Å²) in [5, 5.41) is 1.24. The lowest BCUT2D eigenvalue weighted by molar-refractivity contribution is 0.158. The normalized spacial score (nSPS) is 15.3. The highest BCUT2D eigenvalue weighted by atomic mass is 19.1. The fraction of sp³-hybridized carbons (Fsp3) is 0.273. The first-order valence-corrected chi connectivity index (χ1v) is 12.9. The number of ether oxygens (including phenoxy) is 3. The molecule has 0 radical (unpaired) electrons. The van der Waals surface area contributed by atoms with Gasteiger partial charge in [0.2, 0.25) is 0 Å². The second kappa shape index (κ2) is 11.6. The molecule has 5 nitrogen and oxygen atoms in total. The number of nitrogens with zero attached hydrogens (tertiary/aromatic N) is 1. The van der Waals surface area contributed by atoms with Crippen LogP contribution >= 0.6 is 0 Å². The number of aromatic nitrogens is 1. The summed E-state index contributed by atoms with van der Waals surface area (Å²) < 4.78 is 30.6. The molecule has 0 bridgehead atoms. The van der Waals surface area contributed by atoms with Crippen molar-refractivity contribution in [2.45, 2.75) is 39.0 Å². The van der Waals surface area contributed by atoms with Crippen molar-refractivity contribution < 1.29 is 18.6 Å². The topological polar surface area (TPSA) is 46.7 Å². The molecule has 1 N–H and O–H groups in total. The molecule has 0 spiro atoms. The zero-order valence-electron chi connectivity index (χ0n) is 22.4. The van der Waals surface area contributed by atoms with Crippen molar-refractivity contribution in [2.24, 2.45) is 0 Å². The summed E-state index contributed by atoms with van der Waals surface area (Å²) in [5.41, 5.74) is 7.34. The van der Waals surface area contributed by atoms with E-state index in [2.05, 4.69) is 51.9 Å². The van der Waals surface area contributed by atoms with Crippen LogP contribution in [0.5, 0.6) is 17.2 Å². The molecule has 6 heteroatoms. The minimum Gasteiger partial charge on any atom is -0.497 e. The van der Waals surface area contributed by atoms with Gasteiger partial charge in [-0.15, -0.1) is 6.42 Å². The Kier molecular flexibility index (Phi) is 7.77. The van der Waals surface area contributed by atoms with Gasteiger partial charge >= 0.3 is 0 Å². The van der Waals surface area contributed by atoms with Crippen LogP contribution in [0.3, 0.4) is 0 Å². The largest absolute Gasteiger partial charge is 0.497 e. The number of fused-ring (bicyclic) bond motifs is 6. The molecule has 6 rings (SSSR count). The second-order valence-electron chi connectivity index (χ2n) is 9.57. The zero-order chi connectivity index (χ0) is 27.4. The summed E-state index contributed by atoms with van der Waals surface area (Å²) in [6.07, 6.45) is 6.62. The molecule has 1 unspecified atom stereocenters. The molecule has 0 aliphatic carbocycles. The average Bonchev–Trinajstić information content (AvgIpc) is 3.32. The van der Waals surface area contributed by atoms with Gasteiger partial charge in [0.25, 0.3) is 0 Å². The number of hydrogen-bond donors (Lipinski definition) is 1. The van der Waals surface area contributed by atoms with Crippen LogP contribution in [0, 0.1) is 30.0 Å². The lowest BCUT2D eigenvalue weighted by atomic mass is 9.85. The van der Waals surface area contributed by atoms with Crippen LogP contribution in [-0.4, -0.2) is 30.6 Å². The first-order valence-electron chi connectivity index (χ1n) is 12.9. The summed E-state index contributed by atoms with van der Waals surface area (Å²) in [7, 11) is 3.38. The smallest absolute Gasteiger partial charge is 0.162 e. The Bertz CT molecular complexity index is 1590. The van der Waals surface area contributed by atoms with Crippen LogP contribution < -0.4 is 14.2 Å². The Balaban J connectivity index is 0.000000567. The summed E-state index contributed by atoms with van der Waals surface area (Å²) in [5.74, 6) is 9.16. The Morgan fingerprint density at radius 2 is 1.87 bits per heavy atom. The summed E-state index contributed by atoms with van der Waals surface area (Å²) in [4.78, 5) is 6.18. The molecule has 0 amide bonds. The average molecular weight is 523 g/mol. The first kappa shape index (κ1) is 26.2. The maximum absolute atomic E-state index is 13.3. The van der Waals surface area contributed by atoms with Crippen LogP contribution in [-0.2, 0) is 26.0 Å². The molecule has 4 aromatic rings. The van der Waals surface area contributed by atoms with E-state index in [0.717, 1.165) is 54.3 Å². The molecule has 3 heterocycles. The standard InChI is InChI=1S/C28H27FN2O3.C5H4/c1-32-20-7-8-24-22(12-20)23-13-26-21-14-28(34-16-17-3-5-19(29)6-4-17)27(33-2)11-18(21)9-10-31(26)15-25(23)30-24;1-3-5-4-2/h3-8,11-12,14,26,30H,9-10,13,15-16H2,1-2H3;1H,2H3. The maximum Gasteiger partial charge on any atom is 0.162 e. The molecule has 198 valence electrons. The van der Waals surface area contributed by atoms with E-state index in [1.165, 1.54) is 39.9 Å². The van der Waals surface area contributed by atoms with E-state index in [9.17, 15) is 4.39 Å². The molecule has 0 saturated carbocycles. The van der Waals surface area contributed by atoms with Gasteiger partial charge in [-0.2, -0.15) is 0 Å². The summed E-state index contributed by atoms with van der Waals surface area (Å²) in [6, 6.07) is 17.2. The van der Waals surface area contributed by atoms with E-state index in [4.69, 9.17) is 20.6 Å². The van der Waals surface area contributed by atoms with Crippen molar-refractivity contribution in [2.75, 3.05) is 20.8 Å². The van der Waals surface area contributed by atoms with Gasteiger partial charge < -0.3 is 19.2 Å². The predicted octanol–water partition coefficient (Wildman–Crippen LogP) is 6.20. The van der Waals surface area contributed by atoms with Gasteiger partial charge in [-0.1, -0.05) is 18.1 Å². The third-order valence-electron chi connectivity index (χ3n) is 7.36. The molecule has 2 aliphatic heterocycles. The minimum absolute atomic E-state index is 0.248. The molecular weight excluding hydrogens is 491 g/mol. The Hall–Kier alpha value is -4.39. The van der Waals surface area contributed by atoms with Crippen molar-refractivity contribution in [1.29, 1.82) is 0 Å². The lowest BCUT2D eigenvalue weighted by Gasteiger charge is -2.40. The lowest BCUT2D eigenvalue weighted by Crippen LogP contribution is -2.39. The van der Waals surface area contributed by atoms with Crippen molar-refractivity contribution in [3.8, 4) is 41.4 Å². The second-order valence-corrected chi connectivity index (χ2v) is 9.57. The van der Waals surface area contributed by atoms with Gasteiger partial charge in [-0.05, 0) is 96.3 Å². The van der Waals surface area contributed by atoms with Crippen LogP contribution in [0.25, 0.3) is 10.9 Å². The highest BCUT2D eigenvalue weighted by Crippen LogP contribution is 2.44. The van der Waals surface area contributed by atoms with Crippen LogP contribution in [0.15, 0.2) is 54.6 Å². The van der Waals surface area contributed by atoms with Gasteiger partial charge in [-0.3, -0.25) is 4.90 Å². The Morgan fingerprint density at radius 1 is 1.05 bits per heavy atom. The van der Waals surface area contributed by atoms with E-state index in [-0.39, 0.29) is 11.9 Å². The third-order valence-corrected chi connectivity index (χ3v) is 7.36. The minimum atomic E-state index is -0.248. The number of rotatable bonds is 5. The van der Waals surface area contributed by atoms with Crippen LogP contribution in [0.1, 0.15) is 40.9 Å². The molecule has 39 heavy (non-hydrogen) atoms.